The Morgan fingerprint density at radius 1 is 1.00 bits per heavy atom. The topological polar surface area (TPSA) is 54.4 Å². The maximum atomic E-state index is 9.58. The third kappa shape index (κ3) is 6.66. The van der Waals surface area contributed by atoms with Crippen molar-refractivity contribution < 1.29 is 19.3 Å². The Bertz CT molecular complexity index is 1480. The number of methoxy groups -OCH3 is 1. The summed E-state index contributed by atoms with van der Waals surface area (Å²) >= 11 is 1.87. The minimum Gasteiger partial charge on any atom is -0.496 e. The molecule has 0 spiro atoms. The molecule has 1 atom stereocenters. The van der Waals surface area contributed by atoms with Crippen molar-refractivity contribution in [3.05, 3.63) is 82.9 Å². The fraction of sp³-hybridized carbons (Fsp3) is 0.429. The molecule has 0 aliphatic carbocycles. The van der Waals surface area contributed by atoms with Gasteiger partial charge < -0.3 is 19.3 Å². The van der Waals surface area contributed by atoms with E-state index in [4.69, 9.17) is 14.2 Å². The van der Waals surface area contributed by atoms with Gasteiger partial charge in [0.1, 0.15) is 18.1 Å². The van der Waals surface area contributed by atoms with E-state index in [1.54, 1.807) is 7.11 Å². The van der Waals surface area contributed by atoms with Crippen LogP contribution in [-0.2, 0) is 17.7 Å². The van der Waals surface area contributed by atoms with Gasteiger partial charge in [0.25, 0.3) is 0 Å². The third-order valence-electron chi connectivity index (χ3n) is 8.65. The minimum absolute atomic E-state index is 0.233. The Morgan fingerprint density at radius 3 is 2.62 bits per heavy atom. The normalized spacial score (nSPS) is 18.1. The van der Waals surface area contributed by atoms with Crippen molar-refractivity contribution in [2.45, 2.75) is 38.8 Å². The molecule has 0 amide bonds. The molecule has 0 saturated carbocycles. The van der Waals surface area contributed by atoms with Crippen molar-refractivity contribution in [1.29, 1.82) is 0 Å². The SMILES string of the molecule is COc1cc(Cc2c(-c3ccc(OCCN4CCC[C@H]4CO)cc3)sc3cc(C)ccc23)ccc1CN1CCOCC1. The monoisotopic (exact) mass is 586 g/mol. The Hall–Kier alpha value is -2.94. The summed E-state index contributed by atoms with van der Waals surface area (Å²) < 4.78 is 18.8. The maximum Gasteiger partial charge on any atom is 0.123 e. The van der Waals surface area contributed by atoms with Crippen molar-refractivity contribution in [3.63, 3.8) is 0 Å². The van der Waals surface area contributed by atoms with Crippen LogP contribution in [0.1, 0.15) is 35.1 Å². The highest BCUT2D eigenvalue weighted by Crippen LogP contribution is 2.41. The number of likely N-dealkylation sites (tertiary alicyclic amines) is 1. The van der Waals surface area contributed by atoms with E-state index in [2.05, 4.69) is 77.4 Å². The van der Waals surface area contributed by atoms with Crippen LogP contribution in [0.3, 0.4) is 0 Å². The minimum atomic E-state index is 0.233. The average molecular weight is 587 g/mol. The van der Waals surface area contributed by atoms with Crippen LogP contribution in [0.5, 0.6) is 11.5 Å². The van der Waals surface area contributed by atoms with Gasteiger partial charge in [-0.15, -0.1) is 11.3 Å². The second-order valence-corrected chi connectivity index (χ2v) is 12.6. The zero-order valence-corrected chi connectivity index (χ0v) is 25.6. The van der Waals surface area contributed by atoms with E-state index in [1.165, 1.54) is 42.8 Å². The number of hydrogen-bond acceptors (Lipinski definition) is 7. The van der Waals surface area contributed by atoms with Crippen LogP contribution in [0.15, 0.2) is 60.7 Å². The Labute approximate surface area is 253 Å². The molecule has 0 bridgehead atoms. The molecule has 0 radical (unpaired) electrons. The number of ether oxygens (including phenoxy) is 3. The van der Waals surface area contributed by atoms with Crippen molar-refractivity contribution in [2.24, 2.45) is 0 Å². The number of fused-ring (bicyclic) bond motifs is 1. The molecular formula is C35H42N2O4S. The van der Waals surface area contributed by atoms with E-state index in [0.717, 1.165) is 76.7 Å². The number of thiophene rings is 1. The third-order valence-corrected chi connectivity index (χ3v) is 9.90. The van der Waals surface area contributed by atoms with Gasteiger partial charge in [-0.25, -0.2) is 0 Å². The van der Waals surface area contributed by atoms with Gasteiger partial charge in [-0.3, -0.25) is 9.80 Å². The highest BCUT2D eigenvalue weighted by atomic mass is 32.1. The number of aryl methyl sites for hydroxylation is 1. The van der Waals surface area contributed by atoms with Gasteiger partial charge >= 0.3 is 0 Å². The summed E-state index contributed by atoms with van der Waals surface area (Å²) in [5.74, 6) is 1.84. The predicted molar refractivity (Wildman–Crippen MR) is 171 cm³/mol. The van der Waals surface area contributed by atoms with E-state index in [-0.39, 0.29) is 12.6 Å². The Morgan fingerprint density at radius 2 is 1.83 bits per heavy atom. The average Bonchev–Trinajstić information content (AvgIpc) is 3.62. The summed E-state index contributed by atoms with van der Waals surface area (Å²) in [6, 6.07) is 22.3. The quantitative estimate of drug-likeness (QED) is 0.228. The maximum absolute atomic E-state index is 9.58. The summed E-state index contributed by atoms with van der Waals surface area (Å²) in [6.07, 6.45) is 3.07. The van der Waals surface area contributed by atoms with Crippen LogP contribution >= 0.6 is 11.3 Å². The van der Waals surface area contributed by atoms with E-state index in [9.17, 15) is 5.11 Å². The van der Waals surface area contributed by atoms with Crippen molar-refractivity contribution >= 4 is 21.4 Å². The molecule has 2 fully saturated rings. The van der Waals surface area contributed by atoms with Crippen LogP contribution in [0, 0.1) is 6.92 Å². The zero-order chi connectivity index (χ0) is 28.9. The van der Waals surface area contributed by atoms with Crippen LogP contribution < -0.4 is 9.47 Å². The number of aliphatic hydroxyl groups is 1. The van der Waals surface area contributed by atoms with Crippen molar-refractivity contribution in [1.82, 2.24) is 9.80 Å². The summed E-state index contributed by atoms with van der Waals surface area (Å²) in [5.41, 5.74) is 6.33. The molecule has 0 unspecified atom stereocenters. The van der Waals surface area contributed by atoms with Gasteiger partial charge in [-0.1, -0.05) is 24.3 Å². The number of hydrogen-bond donors (Lipinski definition) is 1. The van der Waals surface area contributed by atoms with E-state index >= 15 is 0 Å². The molecule has 2 aliphatic rings. The zero-order valence-electron chi connectivity index (χ0n) is 24.8. The molecule has 1 aromatic heterocycles. The van der Waals surface area contributed by atoms with E-state index < -0.39 is 0 Å². The van der Waals surface area contributed by atoms with Gasteiger partial charge in [0.05, 0.1) is 26.9 Å². The van der Waals surface area contributed by atoms with Gasteiger partial charge in [0.2, 0.25) is 0 Å². The molecule has 4 aromatic rings. The molecule has 42 heavy (non-hydrogen) atoms. The number of rotatable bonds is 11. The van der Waals surface area contributed by atoms with Gasteiger partial charge in [0, 0.05) is 47.4 Å². The second kappa shape index (κ2) is 13.6. The van der Waals surface area contributed by atoms with Crippen LogP contribution in [-0.4, -0.2) is 80.7 Å². The van der Waals surface area contributed by atoms with Gasteiger partial charge in [-0.05, 0) is 96.8 Å². The summed E-state index contributed by atoms with van der Waals surface area (Å²) in [4.78, 5) is 6.07. The van der Waals surface area contributed by atoms with Crippen LogP contribution in [0.4, 0.5) is 0 Å². The second-order valence-electron chi connectivity index (χ2n) is 11.5. The van der Waals surface area contributed by atoms with Crippen LogP contribution in [0.2, 0.25) is 0 Å². The smallest absolute Gasteiger partial charge is 0.123 e. The standard InChI is InChI=1S/C35H42N2O4S/c1-25-5-12-31-32(21-26-6-7-28(33(22-26)39-2)23-36-14-17-40-18-15-36)35(42-34(31)20-25)27-8-10-30(11-9-27)41-19-16-37-13-3-4-29(37)24-38/h5-12,20,22,29,38H,3-4,13-19,21,23-24H2,1-2H3/t29-/m0/s1. The Balaban J connectivity index is 1.21. The number of nitrogens with zero attached hydrogens (tertiary/aromatic N) is 2. The lowest BCUT2D eigenvalue weighted by atomic mass is 9.97. The number of aliphatic hydroxyl groups excluding tert-OH is 1. The molecule has 1 N–H and O–H groups in total. The summed E-state index contributed by atoms with van der Waals surface area (Å²) in [6.45, 7) is 9.31. The Kier molecular flexibility index (Phi) is 9.42. The first kappa shape index (κ1) is 29.1. The first-order valence-corrected chi connectivity index (χ1v) is 16.0. The molecule has 222 valence electrons. The van der Waals surface area contributed by atoms with E-state index in [1.807, 2.05) is 11.3 Å². The van der Waals surface area contributed by atoms with Crippen molar-refractivity contribution in [3.8, 4) is 21.9 Å². The highest BCUT2D eigenvalue weighted by Gasteiger charge is 2.23. The van der Waals surface area contributed by atoms with Crippen molar-refractivity contribution in [2.75, 3.05) is 59.7 Å². The molecular weight excluding hydrogens is 544 g/mol. The lowest BCUT2D eigenvalue weighted by molar-refractivity contribution is 0.0339. The number of morpholine rings is 1. The molecule has 6 nitrogen and oxygen atoms in total. The fourth-order valence-corrected chi connectivity index (χ4v) is 7.60. The highest BCUT2D eigenvalue weighted by molar-refractivity contribution is 7.22. The molecule has 6 rings (SSSR count). The fourth-order valence-electron chi connectivity index (χ4n) is 6.28. The van der Waals surface area contributed by atoms with E-state index in [0.29, 0.717) is 6.61 Å². The first-order chi connectivity index (χ1) is 20.6. The molecule has 3 heterocycles. The molecule has 7 heteroatoms. The molecule has 2 saturated heterocycles. The largest absolute Gasteiger partial charge is 0.496 e. The lowest BCUT2D eigenvalue weighted by Gasteiger charge is -2.27. The predicted octanol–water partition coefficient (Wildman–Crippen LogP) is 6.14. The lowest BCUT2D eigenvalue weighted by Crippen LogP contribution is -2.35. The van der Waals surface area contributed by atoms with Gasteiger partial charge in [-0.2, -0.15) is 0 Å². The molecule has 3 aromatic carbocycles. The first-order valence-electron chi connectivity index (χ1n) is 15.2. The molecule has 2 aliphatic heterocycles. The van der Waals surface area contributed by atoms with Gasteiger partial charge in [0.15, 0.2) is 0 Å². The summed E-state index contributed by atoms with van der Waals surface area (Å²) in [7, 11) is 1.77. The number of benzene rings is 3. The van der Waals surface area contributed by atoms with Crippen LogP contribution in [0.25, 0.3) is 20.5 Å². The summed E-state index contributed by atoms with van der Waals surface area (Å²) in [5, 5.41) is 10.9.